The number of imidazole rings is 1. The van der Waals surface area contributed by atoms with Crippen LogP contribution in [0.2, 0.25) is 5.02 Å². The van der Waals surface area contributed by atoms with E-state index < -0.39 is 5.92 Å². The number of aromatic nitrogens is 2. The average Bonchev–Trinajstić information content (AvgIpc) is 3.15. The number of hydrogen-bond donors (Lipinski definition) is 2. The number of para-hydroxylation sites is 2. The number of benzene rings is 3. The number of aromatic amines is 1. The number of alkyl halides is 2. The Balaban J connectivity index is 1.45. The Labute approximate surface area is 187 Å². The van der Waals surface area contributed by atoms with Gasteiger partial charge in [0.05, 0.1) is 16.7 Å². The number of halogens is 3. The first kappa shape index (κ1) is 20.4. The molecular weight excluding hydrogens is 440 g/mol. The van der Waals surface area contributed by atoms with Crippen molar-refractivity contribution in [1.82, 2.24) is 9.97 Å². The molecule has 0 unspecified atom stereocenters. The first-order valence-corrected chi connectivity index (χ1v) is 10.3. The van der Waals surface area contributed by atoms with Crippen LogP contribution >= 0.6 is 11.6 Å². The smallest absolute Gasteiger partial charge is 0.272 e. The largest absolute Gasteiger partial charge is 0.486 e. The molecule has 0 radical (unpaired) electrons. The zero-order valence-electron chi connectivity index (χ0n) is 16.9. The van der Waals surface area contributed by atoms with E-state index in [1.54, 1.807) is 36.4 Å². The fourth-order valence-electron chi connectivity index (χ4n) is 3.48. The second-order valence-electron chi connectivity index (χ2n) is 7.35. The summed E-state index contributed by atoms with van der Waals surface area (Å²) in [6.45, 7) is 1.80. The minimum atomic E-state index is -3.09. The highest BCUT2D eigenvalue weighted by atomic mass is 35.5. The summed E-state index contributed by atoms with van der Waals surface area (Å²) in [5.74, 6) is -0.446. The third kappa shape index (κ3) is 4.01. The molecule has 0 aliphatic carbocycles. The molecule has 1 aromatic heterocycles. The lowest BCUT2D eigenvalue weighted by atomic mass is 10.1. The van der Waals surface area contributed by atoms with Crippen molar-refractivity contribution in [2.24, 2.45) is 0 Å². The predicted octanol–water partition coefficient (Wildman–Crippen LogP) is 6.64. The summed E-state index contributed by atoms with van der Waals surface area (Å²) in [5, 5.41) is 3.31. The Bertz CT molecular complexity index is 1300. The summed E-state index contributed by atoms with van der Waals surface area (Å²) in [4.78, 5) is 7.32. The van der Waals surface area contributed by atoms with Crippen LogP contribution < -0.4 is 19.5 Å². The fourth-order valence-corrected chi connectivity index (χ4v) is 3.69. The van der Waals surface area contributed by atoms with E-state index in [1.807, 2.05) is 12.1 Å². The Morgan fingerprint density at radius 2 is 1.84 bits per heavy atom. The summed E-state index contributed by atoms with van der Waals surface area (Å²) >= 11 is 6.02. The van der Waals surface area contributed by atoms with Gasteiger partial charge in [-0.2, -0.15) is 0 Å². The van der Waals surface area contributed by atoms with Crippen LogP contribution in [-0.2, 0) is 5.92 Å². The van der Waals surface area contributed by atoms with E-state index in [4.69, 9.17) is 25.8 Å². The van der Waals surface area contributed by atoms with Crippen LogP contribution in [0.25, 0.3) is 11.0 Å². The highest BCUT2D eigenvalue weighted by molar-refractivity contribution is 6.31. The monoisotopic (exact) mass is 457 g/mol. The SMILES string of the molecule is CC(F)(F)c1cc(Cl)cc2[nH]c(Nc3ccccc3Oc3ccc4c(c3)OCCO4)nc12. The molecule has 32 heavy (non-hydrogen) atoms. The highest BCUT2D eigenvalue weighted by Crippen LogP contribution is 2.38. The topological polar surface area (TPSA) is 68.4 Å². The van der Waals surface area contributed by atoms with Gasteiger partial charge in [-0.05, 0) is 36.4 Å². The van der Waals surface area contributed by atoms with Crippen LogP contribution in [0.3, 0.4) is 0 Å². The summed E-state index contributed by atoms with van der Waals surface area (Å²) in [6, 6.07) is 15.3. The maximum absolute atomic E-state index is 14.1. The number of H-pyrrole nitrogens is 1. The third-order valence-corrected chi connectivity index (χ3v) is 5.12. The molecule has 0 amide bonds. The first-order chi connectivity index (χ1) is 15.4. The van der Waals surface area contributed by atoms with E-state index in [9.17, 15) is 8.78 Å². The maximum atomic E-state index is 14.1. The van der Waals surface area contributed by atoms with Gasteiger partial charge in [0, 0.05) is 23.6 Å². The molecular formula is C23H18ClF2N3O3. The van der Waals surface area contributed by atoms with Crippen molar-refractivity contribution in [2.45, 2.75) is 12.8 Å². The van der Waals surface area contributed by atoms with Crippen molar-refractivity contribution in [3.8, 4) is 23.0 Å². The molecule has 0 saturated heterocycles. The van der Waals surface area contributed by atoms with E-state index in [0.717, 1.165) is 6.92 Å². The molecule has 5 rings (SSSR count). The zero-order chi connectivity index (χ0) is 22.3. The predicted molar refractivity (Wildman–Crippen MR) is 118 cm³/mol. The lowest BCUT2D eigenvalue weighted by molar-refractivity contribution is 0.0189. The summed E-state index contributed by atoms with van der Waals surface area (Å²) in [6.07, 6.45) is 0. The summed E-state index contributed by atoms with van der Waals surface area (Å²) < 4.78 is 45.3. The molecule has 0 atom stereocenters. The van der Waals surface area contributed by atoms with Gasteiger partial charge in [-0.1, -0.05) is 23.7 Å². The summed E-state index contributed by atoms with van der Waals surface area (Å²) in [7, 11) is 0. The van der Waals surface area contributed by atoms with Crippen LogP contribution in [0.4, 0.5) is 20.4 Å². The van der Waals surface area contributed by atoms with Crippen LogP contribution in [0, 0.1) is 0 Å². The van der Waals surface area contributed by atoms with Gasteiger partial charge in [-0.3, -0.25) is 0 Å². The minimum absolute atomic E-state index is 0.148. The Kier molecular flexibility index (Phi) is 5.01. The molecule has 0 bridgehead atoms. The number of fused-ring (bicyclic) bond motifs is 2. The van der Waals surface area contributed by atoms with E-state index in [0.29, 0.717) is 47.4 Å². The molecule has 2 heterocycles. The minimum Gasteiger partial charge on any atom is -0.486 e. The normalized spacial score (nSPS) is 13.2. The number of nitrogens with zero attached hydrogens (tertiary/aromatic N) is 1. The standard InChI is InChI=1S/C23H18ClF2N3O3/c1-23(25,26)15-10-13(24)11-17-21(15)29-22(28-17)27-16-4-2-3-5-18(16)32-14-6-7-19-20(12-14)31-9-8-30-19/h2-7,10-12H,8-9H2,1H3,(H2,27,28,29). The van der Waals surface area contributed by atoms with Crippen molar-refractivity contribution in [3.05, 3.63) is 65.2 Å². The van der Waals surface area contributed by atoms with E-state index in [-0.39, 0.29) is 22.1 Å². The number of ether oxygens (including phenoxy) is 3. The van der Waals surface area contributed by atoms with Crippen molar-refractivity contribution in [2.75, 3.05) is 18.5 Å². The van der Waals surface area contributed by atoms with Crippen molar-refractivity contribution in [1.29, 1.82) is 0 Å². The molecule has 2 N–H and O–H groups in total. The van der Waals surface area contributed by atoms with Gasteiger partial charge in [0.1, 0.15) is 19.0 Å². The van der Waals surface area contributed by atoms with Crippen LogP contribution in [-0.4, -0.2) is 23.2 Å². The molecule has 3 aromatic carbocycles. The fraction of sp³-hybridized carbons (Fsp3) is 0.174. The van der Waals surface area contributed by atoms with Gasteiger partial charge >= 0.3 is 0 Å². The molecule has 164 valence electrons. The second-order valence-corrected chi connectivity index (χ2v) is 7.79. The average molecular weight is 458 g/mol. The Hall–Kier alpha value is -3.52. The van der Waals surface area contributed by atoms with E-state index >= 15 is 0 Å². The van der Waals surface area contributed by atoms with E-state index in [2.05, 4.69) is 15.3 Å². The summed E-state index contributed by atoms with van der Waals surface area (Å²) in [5.41, 5.74) is 0.902. The Morgan fingerprint density at radius 3 is 2.66 bits per heavy atom. The lowest BCUT2D eigenvalue weighted by Gasteiger charge is -2.19. The van der Waals surface area contributed by atoms with Gasteiger partial charge in [0.2, 0.25) is 5.95 Å². The van der Waals surface area contributed by atoms with Crippen molar-refractivity contribution in [3.63, 3.8) is 0 Å². The number of hydrogen-bond acceptors (Lipinski definition) is 5. The van der Waals surface area contributed by atoms with Crippen LogP contribution in [0.5, 0.6) is 23.0 Å². The molecule has 1 aliphatic rings. The van der Waals surface area contributed by atoms with Crippen molar-refractivity contribution < 1.29 is 23.0 Å². The van der Waals surface area contributed by atoms with Gasteiger partial charge in [-0.25, -0.2) is 13.8 Å². The maximum Gasteiger partial charge on any atom is 0.272 e. The molecule has 0 spiro atoms. The first-order valence-electron chi connectivity index (χ1n) is 9.88. The second kappa shape index (κ2) is 7.87. The quantitative estimate of drug-likeness (QED) is 0.352. The third-order valence-electron chi connectivity index (χ3n) is 4.91. The molecule has 9 heteroatoms. The molecule has 1 aliphatic heterocycles. The molecule has 4 aromatic rings. The van der Waals surface area contributed by atoms with Crippen molar-refractivity contribution >= 4 is 34.3 Å². The van der Waals surface area contributed by atoms with Gasteiger partial charge in [0.15, 0.2) is 17.2 Å². The number of anilines is 2. The lowest BCUT2D eigenvalue weighted by Crippen LogP contribution is -2.15. The number of rotatable bonds is 5. The molecule has 0 saturated carbocycles. The van der Waals surface area contributed by atoms with Crippen LogP contribution in [0.15, 0.2) is 54.6 Å². The number of nitrogens with one attached hydrogen (secondary N) is 2. The van der Waals surface area contributed by atoms with Gasteiger partial charge in [-0.15, -0.1) is 0 Å². The van der Waals surface area contributed by atoms with Gasteiger partial charge < -0.3 is 24.5 Å². The molecule has 0 fully saturated rings. The van der Waals surface area contributed by atoms with E-state index in [1.165, 1.54) is 6.07 Å². The highest BCUT2D eigenvalue weighted by Gasteiger charge is 2.29. The molecule has 6 nitrogen and oxygen atoms in total. The van der Waals surface area contributed by atoms with Gasteiger partial charge in [0.25, 0.3) is 5.92 Å². The zero-order valence-corrected chi connectivity index (χ0v) is 17.7. The van der Waals surface area contributed by atoms with Crippen LogP contribution in [0.1, 0.15) is 12.5 Å². The Morgan fingerprint density at radius 1 is 1.06 bits per heavy atom.